The Labute approximate surface area is 253 Å². The molecule has 0 saturated heterocycles. The molecule has 1 amide bonds. The van der Waals surface area contributed by atoms with Gasteiger partial charge in [-0.3, -0.25) is 9.69 Å². The van der Waals surface area contributed by atoms with Crippen LogP contribution in [0.25, 0.3) is 11.4 Å². The monoisotopic (exact) mass is 586 g/mol. The molecule has 1 aliphatic rings. The van der Waals surface area contributed by atoms with Crippen molar-refractivity contribution in [1.82, 2.24) is 29.3 Å². The summed E-state index contributed by atoms with van der Waals surface area (Å²) in [7, 11) is 3.29. The summed E-state index contributed by atoms with van der Waals surface area (Å²) in [4.78, 5) is 30.4. The van der Waals surface area contributed by atoms with Gasteiger partial charge in [-0.2, -0.15) is 0 Å². The molecule has 1 N–H and O–H groups in total. The third-order valence-corrected chi connectivity index (χ3v) is 7.97. The first-order valence-corrected chi connectivity index (χ1v) is 15.0. The summed E-state index contributed by atoms with van der Waals surface area (Å²) in [5, 5.41) is 0. The molecule has 0 unspecified atom stereocenters. The smallest absolute Gasteiger partial charge is 0.227 e. The third-order valence-electron chi connectivity index (χ3n) is 7.97. The molecule has 2 bridgehead atoms. The lowest BCUT2D eigenvalue weighted by Gasteiger charge is -2.25. The van der Waals surface area contributed by atoms with Crippen LogP contribution in [0.4, 0.5) is 0 Å². The highest BCUT2D eigenvalue weighted by Gasteiger charge is 2.18. The Bertz CT molecular complexity index is 1480. The number of carbonyl (C=O) groups is 1. The van der Waals surface area contributed by atoms with Crippen molar-refractivity contribution in [3.05, 3.63) is 78.1 Å². The number of methoxy groups -OCH3 is 2. The van der Waals surface area contributed by atoms with E-state index in [2.05, 4.69) is 31.3 Å². The van der Waals surface area contributed by atoms with Crippen LogP contribution in [0.5, 0.6) is 17.2 Å². The Balaban J connectivity index is 1.37. The first-order valence-electron chi connectivity index (χ1n) is 15.0. The molecule has 0 saturated carbocycles. The zero-order valence-corrected chi connectivity index (χ0v) is 25.4. The number of aromatic amines is 1. The van der Waals surface area contributed by atoms with Crippen molar-refractivity contribution in [2.24, 2.45) is 0 Å². The lowest BCUT2D eigenvalue weighted by Crippen LogP contribution is -2.35. The number of fused-ring (bicyclic) bond motifs is 4. The van der Waals surface area contributed by atoms with E-state index in [9.17, 15) is 4.79 Å². The number of hydrogen-bond acceptors (Lipinski definition) is 7. The van der Waals surface area contributed by atoms with Gasteiger partial charge in [0.25, 0.3) is 0 Å². The summed E-state index contributed by atoms with van der Waals surface area (Å²) in [6, 6.07) is 13.7. The molecule has 4 aromatic rings. The third kappa shape index (κ3) is 7.75. The lowest BCUT2D eigenvalue weighted by atomic mass is 10.1. The van der Waals surface area contributed by atoms with E-state index in [4.69, 9.17) is 14.2 Å². The largest absolute Gasteiger partial charge is 0.496 e. The summed E-state index contributed by atoms with van der Waals surface area (Å²) in [6.45, 7) is 7.10. The number of aryl methyl sites for hydroxylation is 1. The number of hydrogen-bond donors (Lipinski definition) is 1. The van der Waals surface area contributed by atoms with Crippen LogP contribution in [0, 0.1) is 6.92 Å². The van der Waals surface area contributed by atoms with Crippen molar-refractivity contribution in [3.63, 3.8) is 0 Å². The molecule has 0 aliphatic carbocycles. The zero-order valence-electron chi connectivity index (χ0n) is 25.4. The van der Waals surface area contributed by atoms with Crippen LogP contribution < -0.4 is 14.2 Å². The number of H-pyrrole nitrogens is 1. The quantitative estimate of drug-likeness (QED) is 0.349. The standard InChI is InChI=1S/C33H42N6O4/c1-25-28(36-24-35-25)23-37-14-6-7-15-38(32(40)22-26-9-4-5-10-29(26)41-2)16-8-20-43-31-21-27(11-12-30(31)42-3)33-34-13-17-39(33)19-18-37/h4-5,9-13,17,21,24H,6-8,14-16,18-20,22-23H2,1-3H3,(H,35,36). The van der Waals surface area contributed by atoms with Crippen LogP contribution in [0.2, 0.25) is 0 Å². The number of carbonyl (C=O) groups excluding carboxylic acids is 1. The Hall–Kier alpha value is -4.31. The second-order valence-corrected chi connectivity index (χ2v) is 10.8. The number of imidazole rings is 2. The molecule has 0 spiro atoms. The average Bonchev–Trinajstić information content (AvgIpc) is 3.67. The lowest BCUT2D eigenvalue weighted by molar-refractivity contribution is -0.130. The van der Waals surface area contributed by atoms with Crippen molar-refractivity contribution >= 4 is 5.91 Å². The SMILES string of the molecule is COc1ccccc1CC(=O)N1CCCCN(Cc2nc[nH]c2C)CCn2ccnc2-c2ccc(OC)c(c2)OCCC1. The van der Waals surface area contributed by atoms with Crippen LogP contribution in [-0.4, -0.2) is 82.2 Å². The Kier molecular flexibility index (Phi) is 10.3. The fourth-order valence-corrected chi connectivity index (χ4v) is 5.52. The molecule has 43 heavy (non-hydrogen) atoms. The Morgan fingerprint density at radius 2 is 1.77 bits per heavy atom. The Morgan fingerprint density at radius 1 is 0.953 bits per heavy atom. The van der Waals surface area contributed by atoms with E-state index in [0.717, 1.165) is 73.1 Å². The molecular formula is C33H42N6O4. The number of benzene rings is 2. The molecule has 2 aromatic heterocycles. The molecule has 1 aliphatic heterocycles. The summed E-state index contributed by atoms with van der Waals surface area (Å²) in [5.41, 5.74) is 4.01. The molecule has 3 heterocycles. The number of aromatic nitrogens is 4. The van der Waals surface area contributed by atoms with Gasteiger partial charge in [-0.25, -0.2) is 9.97 Å². The van der Waals surface area contributed by atoms with Crippen molar-refractivity contribution in [1.29, 1.82) is 0 Å². The van der Waals surface area contributed by atoms with Crippen LogP contribution in [0.1, 0.15) is 36.2 Å². The molecule has 2 aromatic carbocycles. The van der Waals surface area contributed by atoms with Crippen molar-refractivity contribution in [2.75, 3.05) is 47.0 Å². The molecular weight excluding hydrogens is 544 g/mol. The minimum Gasteiger partial charge on any atom is -0.496 e. The van der Waals surface area contributed by atoms with Crippen LogP contribution >= 0.6 is 0 Å². The molecule has 0 fully saturated rings. The number of para-hydroxylation sites is 1. The van der Waals surface area contributed by atoms with Gasteiger partial charge >= 0.3 is 0 Å². The van der Waals surface area contributed by atoms with Gasteiger partial charge in [0.05, 0.1) is 39.3 Å². The fraction of sp³-hybridized carbons (Fsp3) is 0.424. The maximum atomic E-state index is 13.6. The van der Waals surface area contributed by atoms with E-state index in [0.29, 0.717) is 44.0 Å². The van der Waals surface area contributed by atoms with E-state index in [1.165, 1.54) is 0 Å². The molecule has 10 nitrogen and oxygen atoms in total. The Morgan fingerprint density at radius 3 is 2.58 bits per heavy atom. The highest BCUT2D eigenvalue weighted by Crippen LogP contribution is 2.32. The van der Waals surface area contributed by atoms with Crippen molar-refractivity contribution in [2.45, 2.75) is 45.7 Å². The van der Waals surface area contributed by atoms with E-state index in [1.54, 1.807) is 20.5 Å². The molecule has 228 valence electrons. The number of nitrogens with zero attached hydrogens (tertiary/aromatic N) is 5. The predicted molar refractivity (Wildman–Crippen MR) is 165 cm³/mol. The summed E-state index contributed by atoms with van der Waals surface area (Å²) >= 11 is 0. The van der Waals surface area contributed by atoms with Crippen LogP contribution in [0.3, 0.4) is 0 Å². The number of ether oxygens (including phenoxy) is 3. The number of nitrogens with one attached hydrogen (secondary N) is 1. The maximum Gasteiger partial charge on any atom is 0.227 e. The fourth-order valence-electron chi connectivity index (χ4n) is 5.52. The maximum absolute atomic E-state index is 13.6. The van der Waals surface area contributed by atoms with Crippen LogP contribution in [0.15, 0.2) is 61.2 Å². The van der Waals surface area contributed by atoms with Gasteiger partial charge in [0, 0.05) is 61.9 Å². The van der Waals surface area contributed by atoms with Crippen molar-refractivity contribution < 1.29 is 19.0 Å². The van der Waals surface area contributed by atoms with Gasteiger partial charge in [-0.15, -0.1) is 0 Å². The normalized spacial score (nSPS) is 15.3. The van der Waals surface area contributed by atoms with E-state index in [-0.39, 0.29) is 5.91 Å². The highest BCUT2D eigenvalue weighted by atomic mass is 16.5. The zero-order chi connectivity index (χ0) is 30.0. The molecule has 0 atom stereocenters. The van der Waals surface area contributed by atoms with Crippen molar-refractivity contribution in [3.8, 4) is 28.6 Å². The van der Waals surface area contributed by atoms with E-state index in [1.807, 2.05) is 59.8 Å². The second kappa shape index (κ2) is 14.7. The van der Waals surface area contributed by atoms with E-state index < -0.39 is 0 Å². The number of rotatable bonds is 6. The molecule has 5 rings (SSSR count). The van der Waals surface area contributed by atoms with Crippen LogP contribution in [-0.2, 0) is 24.3 Å². The number of amides is 1. The summed E-state index contributed by atoms with van der Waals surface area (Å²) in [6.07, 6.45) is 8.50. The second-order valence-electron chi connectivity index (χ2n) is 10.8. The first-order chi connectivity index (χ1) is 21.1. The van der Waals surface area contributed by atoms with Gasteiger partial charge in [-0.1, -0.05) is 18.2 Å². The molecule has 10 heteroatoms. The highest BCUT2D eigenvalue weighted by molar-refractivity contribution is 5.79. The first kappa shape index (κ1) is 30.2. The minimum atomic E-state index is 0.0939. The predicted octanol–water partition coefficient (Wildman–Crippen LogP) is 4.74. The van der Waals surface area contributed by atoms with Gasteiger partial charge in [-0.05, 0) is 57.0 Å². The summed E-state index contributed by atoms with van der Waals surface area (Å²) in [5.74, 6) is 3.06. The van der Waals surface area contributed by atoms with Gasteiger partial charge in [0.2, 0.25) is 5.91 Å². The molecule has 0 radical (unpaired) electrons. The minimum absolute atomic E-state index is 0.0939. The average molecular weight is 587 g/mol. The summed E-state index contributed by atoms with van der Waals surface area (Å²) < 4.78 is 19.5. The van der Waals surface area contributed by atoms with E-state index >= 15 is 0 Å². The van der Waals surface area contributed by atoms with Gasteiger partial charge < -0.3 is 28.7 Å². The topological polar surface area (TPSA) is 97.7 Å². The van der Waals surface area contributed by atoms with Gasteiger partial charge in [0.15, 0.2) is 11.5 Å². The van der Waals surface area contributed by atoms with Gasteiger partial charge in [0.1, 0.15) is 11.6 Å².